The molecule has 1 saturated heterocycles. The smallest absolute Gasteiger partial charge is 0.226 e. The van der Waals surface area contributed by atoms with Crippen molar-refractivity contribution in [3.05, 3.63) is 48.3 Å². The maximum absolute atomic E-state index is 10.4. The predicted octanol–water partition coefficient (Wildman–Crippen LogP) is 1.26. The molecule has 0 radical (unpaired) electrons. The highest BCUT2D eigenvalue weighted by Gasteiger charge is 2.44. The molecule has 1 fully saturated rings. The largest absolute Gasteiger partial charge is 0.394 e. The van der Waals surface area contributed by atoms with Gasteiger partial charge in [0.1, 0.15) is 24.6 Å². The number of ether oxygens (including phenoxy) is 1. The zero-order valence-electron chi connectivity index (χ0n) is 18.5. The van der Waals surface area contributed by atoms with E-state index < -0.39 is 31.1 Å². The normalized spacial score (nSPS) is 23.1. The van der Waals surface area contributed by atoms with Gasteiger partial charge in [-0.05, 0) is 30.7 Å². The summed E-state index contributed by atoms with van der Waals surface area (Å²) in [5.41, 5.74) is 1.68. The van der Waals surface area contributed by atoms with Gasteiger partial charge in [0, 0.05) is 11.8 Å². The van der Waals surface area contributed by atoms with Gasteiger partial charge >= 0.3 is 0 Å². The van der Waals surface area contributed by atoms with Crippen molar-refractivity contribution in [2.24, 2.45) is 0 Å². The number of nitrogens with one attached hydrogen (secondary N) is 1. The van der Waals surface area contributed by atoms with Gasteiger partial charge in [-0.15, -0.1) is 5.10 Å². The number of nitrogens with zero attached hydrogens (tertiary/aromatic N) is 7. The van der Waals surface area contributed by atoms with Gasteiger partial charge in [0.25, 0.3) is 0 Å². The third kappa shape index (κ3) is 4.83. The predicted molar refractivity (Wildman–Crippen MR) is 129 cm³/mol. The summed E-state index contributed by atoms with van der Waals surface area (Å²) in [6.07, 6.45) is -1.31. The Hall–Kier alpha value is -2.81. The number of imidazole rings is 1. The molecule has 12 nitrogen and oxygen atoms in total. The maximum atomic E-state index is 10.4. The molecule has 4 N–H and O–H groups in total. The molecule has 0 spiro atoms. The quantitative estimate of drug-likeness (QED) is 0.197. The zero-order valence-corrected chi connectivity index (χ0v) is 20.1. The van der Waals surface area contributed by atoms with Crippen LogP contribution in [0.25, 0.3) is 16.9 Å². The lowest BCUT2D eigenvalue weighted by Crippen LogP contribution is -2.33. The first-order chi connectivity index (χ1) is 16.9. The number of para-hydroxylation sites is 1. The molecule has 1 aliphatic rings. The van der Waals surface area contributed by atoms with Crippen molar-refractivity contribution in [1.82, 2.24) is 34.3 Å². The summed E-state index contributed by atoms with van der Waals surface area (Å²) in [7, 11) is 0. The molecule has 5 atom stereocenters. The standard InChI is InChI=1S/C21H23ClN8O4S/c1-11(8-35-21-24-10-30(28-21)12-5-3-2-4-6-12)25-17-14-18(27-20(22)26-17)29(9-23-14)19-16(33)15(32)13(7-31)34-19/h2-6,9-11,13,15-16,19,31-33H,7-8H2,1H3,(H,25,26,27)/t11-,13-,15?,16?,19-/m1/s1. The van der Waals surface area contributed by atoms with Crippen LogP contribution < -0.4 is 5.32 Å². The number of aliphatic hydroxyl groups is 3. The van der Waals surface area contributed by atoms with E-state index in [4.69, 9.17) is 16.3 Å². The number of fused-ring (bicyclic) bond motifs is 1. The third-order valence-electron chi connectivity index (χ3n) is 5.52. The summed E-state index contributed by atoms with van der Waals surface area (Å²) in [5, 5.41) is 38.3. The van der Waals surface area contributed by atoms with Crippen molar-refractivity contribution >= 4 is 40.3 Å². The number of halogens is 1. The highest BCUT2D eigenvalue weighted by Crippen LogP contribution is 2.33. The van der Waals surface area contributed by atoms with Crippen molar-refractivity contribution in [2.75, 3.05) is 17.7 Å². The monoisotopic (exact) mass is 518 g/mol. The molecule has 4 heterocycles. The van der Waals surface area contributed by atoms with Gasteiger partial charge in [-0.3, -0.25) is 4.57 Å². The molecule has 5 rings (SSSR count). The molecule has 184 valence electrons. The van der Waals surface area contributed by atoms with Crippen molar-refractivity contribution in [1.29, 1.82) is 0 Å². The van der Waals surface area contributed by atoms with Crippen molar-refractivity contribution in [3.63, 3.8) is 0 Å². The fourth-order valence-corrected chi connectivity index (χ4v) is 4.69. The van der Waals surface area contributed by atoms with Crippen molar-refractivity contribution < 1.29 is 20.1 Å². The second kappa shape index (κ2) is 10.0. The van der Waals surface area contributed by atoms with Crippen LogP contribution in [0.2, 0.25) is 5.28 Å². The number of aromatic nitrogens is 7. The van der Waals surface area contributed by atoms with Gasteiger partial charge in [-0.1, -0.05) is 30.0 Å². The van der Waals surface area contributed by atoms with Gasteiger partial charge < -0.3 is 25.4 Å². The van der Waals surface area contributed by atoms with Gasteiger partial charge in [-0.2, -0.15) is 9.97 Å². The first kappa shape index (κ1) is 23.9. The summed E-state index contributed by atoms with van der Waals surface area (Å²) >= 11 is 7.66. The molecule has 3 aromatic heterocycles. The van der Waals surface area contributed by atoms with Crippen LogP contribution in [0, 0.1) is 0 Å². The van der Waals surface area contributed by atoms with Crippen molar-refractivity contribution in [3.8, 4) is 5.69 Å². The molecular weight excluding hydrogens is 496 g/mol. The van der Waals surface area contributed by atoms with Gasteiger partial charge in [0.2, 0.25) is 10.4 Å². The van der Waals surface area contributed by atoms with E-state index in [0.29, 0.717) is 27.9 Å². The van der Waals surface area contributed by atoms with Crippen LogP contribution >= 0.6 is 23.4 Å². The second-order valence-electron chi connectivity index (χ2n) is 8.06. The number of hydrogen-bond donors (Lipinski definition) is 4. The highest BCUT2D eigenvalue weighted by molar-refractivity contribution is 7.99. The summed E-state index contributed by atoms with van der Waals surface area (Å²) < 4.78 is 8.79. The van der Waals surface area contributed by atoms with E-state index >= 15 is 0 Å². The Morgan fingerprint density at radius 1 is 1.14 bits per heavy atom. The van der Waals surface area contributed by atoms with Crippen LogP contribution in [0.4, 0.5) is 5.82 Å². The minimum atomic E-state index is -1.27. The maximum Gasteiger partial charge on any atom is 0.226 e. The number of benzene rings is 1. The molecule has 1 aromatic carbocycles. The van der Waals surface area contributed by atoms with Gasteiger partial charge in [0.05, 0.1) is 18.6 Å². The summed E-state index contributed by atoms with van der Waals surface area (Å²) in [6, 6.07) is 9.68. The summed E-state index contributed by atoms with van der Waals surface area (Å²) in [4.78, 5) is 17.2. The third-order valence-corrected chi connectivity index (χ3v) is 6.80. The lowest BCUT2D eigenvalue weighted by molar-refractivity contribution is -0.0511. The Bertz CT molecular complexity index is 1310. The summed E-state index contributed by atoms with van der Waals surface area (Å²) in [5.74, 6) is 1.05. The van der Waals surface area contributed by atoms with Gasteiger partial charge in [0.15, 0.2) is 23.2 Å². The van der Waals surface area contributed by atoms with E-state index in [9.17, 15) is 15.3 Å². The number of rotatable bonds is 8. The molecule has 0 bridgehead atoms. The average Bonchev–Trinajstić information content (AvgIpc) is 3.57. The zero-order chi connectivity index (χ0) is 24.5. The van der Waals surface area contributed by atoms with E-state index in [1.807, 2.05) is 37.3 Å². The minimum absolute atomic E-state index is 0.0170. The minimum Gasteiger partial charge on any atom is -0.394 e. The second-order valence-corrected chi connectivity index (χ2v) is 9.38. The Balaban J connectivity index is 1.29. The van der Waals surface area contributed by atoms with Crippen LogP contribution in [0.15, 0.2) is 48.1 Å². The molecule has 35 heavy (non-hydrogen) atoms. The van der Waals surface area contributed by atoms with Crippen LogP contribution in [0.3, 0.4) is 0 Å². The average molecular weight is 519 g/mol. The fourth-order valence-electron chi connectivity index (χ4n) is 3.78. The molecule has 0 aliphatic carbocycles. The molecule has 1 aliphatic heterocycles. The molecule has 2 unspecified atom stereocenters. The van der Waals surface area contributed by atoms with Crippen LogP contribution in [-0.2, 0) is 4.74 Å². The molecule has 0 amide bonds. The molecular formula is C21H23ClN8O4S. The Morgan fingerprint density at radius 2 is 1.94 bits per heavy atom. The fraction of sp³-hybridized carbons (Fsp3) is 0.381. The first-order valence-corrected chi connectivity index (χ1v) is 12.2. The number of anilines is 1. The Kier molecular flexibility index (Phi) is 6.86. The summed E-state index contributed by atoms with van der Waals surface area (Å²) in [6.45, 7) is 1.55. The van der Waals surface area contributed by atoms with Gasteiger partial charge in [-0.25, -0.2) is 14.6 Å². The van der Waals surface area contributed by atoms with E-state index in [1.54, 1.807) is 11.0 Å². The van der Waals surface area contributed by atoms with Crippen LogP contribution in [-0.4, -0.2) is 86.3 Å². The van der Waals surface area contributed by atoms with E-state index in [1.165, 1.54) is 22.7 Å². The van der Waals surface area contributed by atoms with Crippen molar-refractivity contribution in [2.45, 2.75) is 42.7 Å². The molecule has 0 saturated carbocycles. The number of thioether (sulfide) groups is 1. The SMILES string of the molecule is C[C@H](CSc1ncn(-c2ccccc2)n1)Nc1nc(Cl)nc2c1ncn2[C@@H]1O[C@H](CO)C(O)C1O. The Labute approximate surface area is 209 Å². The molecule has 14 heteroatoms. The van der Waals surface area contributed by atoms with E-state index in [-0.39, 0.29) is 11.3 Å². The number of hydrogen-bond acceptors (Lipinski definition) is 11. The highest BCUT2D eigenvalue weighted by atomic mass is 35.5. The van der Waals surface area contributed by atoms with Crippen LogP contribution in [0.1, 0.15) is 13.2 Å². The van der Waals surface area contributed by atoms with Crippen LogP contribution in [0.5, 0.6) is 0 Å². The Morgan fingerprint density at radius 3 is 2.69 bits per heavy atom. The molecule has 4 aromatic rings. The lowest BCUT2D eigenvalue weighted by Gasteiger charge is -2.17. The number of aliphatic hydroxyl groups excluding tert-OH is 3. The van der Waals surface area contributed by atoms with E-state index in [0.717, 1.165) is 5.69 Å². The lowest BCUT2D eigenvalue weighted by atomic mass is 10.1. The first-order valence-electron chi connectivity index (χ1n) is 10.8. The van der Waals surface area contributed by atoms with E-state index in [2.05, 4.69) is 30.4 Å². The topological polar surface area (TPSA) is 156 Å².